The molecule has 2 fully saturated rings. The smallest absolute Gasteiger partial charge is 0.251 e. The molecule has 1 N–H and O–H groups in total. The number of hydrogen-bond acceptors (Lipinski definition) is 5. The van der Waals surface area contributed by atoms with Crippen LogP contribution < -0.4 is 10.1 Å². The van der Waals surface area contributed by atoms with Crippen molar-refractivity contribution in [1.29, 1.82) is 0 Å². The molecule has 0 atom stereocenters. The second kappa shape index (κ2) is 11.1. The summed E-state index contributed by atoms with van der Waals surface area (Å²) >= 11 is 0. The van der Waals surface area contributed by atoms with E-state index in [-0.39, 0.29) is 12.0 Å². The summed E-state index contributed by atoms with van der Waals surface area (Å²) in [6.07, 6.45) is 3.25. The maximum absolute atomic E-state index is 12.5. The zero-order valence-corrected chi connectivity index (χ0v) is 19.0. The predicted molar refractivity (Wildman–Crippen MR) is 120 cm³/mol. The molecule has 30 heavy (non-hydrogen) atoms. The molecular weight excluding hydrogens is 378 g/mol. The minimum Gasteiger partial charge on any atom is -0.490 e. The van der Waals surface area contributed by atoms with Crippen LogP contribution in [-0.4, -0.2) is 80.8 Å². The molecule has 0 radical (unpaired) electrons. The molecule has 0 saturated carbocycles. The summed E-state index contributed by atoms with van der Waals surface area (Å²) in [5.41, 5.74) is 1.00. The highest BCUT2D eigenvalue weighted by atomic mass is 16.5. The van der Waals surface area contributed by atoms with E-state index in [9.17, 15) is 4.79 Å². The fourth-order valence-electron chi connectivity index (χ4n) is 4.19. The summed E-state index contributed by atoms with van der Waals surface area (Å²) in [5.74, 6) is 0.771. The highest BCUT2D eigenvalue weighted by Gasteiger charge is 2.24. The van der Waals surface area contributed by atoms with Gasteiger partial charge in [0, 0.05) is 44.8 Å². The zero-order chi connectivity index (χ0) is 21.4. The van der Waals surface area contributed by atoms with Crippen LogP contribution in [0.1, 0.15) is 50.4 Å². The lowest BCUT2D eigenvalue weighted by molar-refractivity contribution is 0.0374. The van der Waals surface area contributed by atoms with Crippen molar-refractivity contribution in [3.8, 4) is 5.75 Å². The summed E-state index contributed by atoms with van der Waals surface area (Å²) in [5, 5.41) is 3.04. The normalized spacial score (nSPS) is 19.6. The Kier molecular flexibility index (Phi) is 8.54. The first-order chi connectivity index (χ1) is 14.4. The van der Waals surface area contributed by atoms with Crippen molar-refractivity contribution in [3.05, 3.63) is 29.8 Å². The number of carbonyl (C=O) groups excluding carboxylic acids is 1. The molecule has 1 aromatic rings. The van der Waals surface area contributed by atoms with E-state index in [4.69, 9.17) is 9.47 Å². The largest absolute Gasteiger partial charge is 0.490 e. The third-order valence-electron chi connectivity index (χ3n) is 5.67. The fourth-order valence-corrected chi connectivity index (χ4v) is 4.19. The molecule has 1 amide bonds. The molecule has 2 saturated heterocycles. The van der Waals surface area contributed by atoms with Crippen LogP contribution in [0.25, 0.3) is 0 Å². The van der Waals surface area contributed by atoms with Gasteiger partial charge in [0.05, 0.1) is 13.2 Å². The van der Waals surface area contributed by atoms with Crippen LogP contribution >= 0.6 is 0 Å². The summed E-state index contributed by atoms with van der Waals surface area (Å²) in [6.45, 7) is 15.4. The number of ether oxygens (including phenoxy) is 2. The predicted octanol–water partition coefficient (Wildman–Crippen LogP) is 3.03. The lowest BCUT2D eigenvalue weighted by atomic mass is 9.94. The van der Waals surface area contributed by atoms with E-state index in [1.54, 1.807) is 0 Å². The van der Waals surface area contributed by atoms with Crippen LogP contribution in [0.15, 0.2) is 24.3 Å². The highest BCUT2D eigenvalue weighted by Crippen LogP contribution is 2.23. The van der Waals surface area contributed by atoms with Crippen LogP contribution in [0.5, 0.6) is 5.75 Å². The van der Waals surface area contributed by atoms with Crippen LogP contribution in [0, 0.1) is 5.41 Å². The maximum atomic E-state index is 12.5. The maximum Gasteiger partial charge on any atom is 0.251 e. The van der Waals surface area contributed by atoms with Gasteiger partial charge < -0.3 is 19.7 Å². The zero-order valence-electron chi connectivity index (χ0n) is 19.0. The van der Waals surface area contributed by atoms with Gasteiger partial charge >= 0.3 is 0 Å². The number of carbonyl (C=O) groups is 1. The van der Waals surface area contributed by atoms with Crippen molar-refractivity contribution >= 4 is 5.91 Å². The molecular formula is C24H39N3O3. The average Bonchev–Trinajstić information content (AvgIpc) is 2.72. The average molecular weight is 418 g/mol. The molecule has 6 nitrogen and oxygen atoms in total. The van der Waals surface area contributed by atoms with Gasteiger partial charge in [-0.15, -0.1) is 0 Å². The lowest BCUT2D eigenvalue weighted by Gasteiger charge is -2.36. The summed E-state index contributed by atoms with van der Waals surface area (Å²) < 4.78 is 11.6. The van der Waals surface area contributed by atoms with Crippen LogP contribution in [0.4, 0.5) is 0 Å². The number of amides is 1. The second-order valence-electron chi connectivity index (χ2n) is 9.75. The molecule has 0 aliphatic carbocycles. The minimum atomic E-state index is -0.0255. The topological polar surface area (TPSA) is 54.0 Å². The van der Waals surface area contributed by atoms with E-state index in [2.05, 4.69) is 35.9 Å². The molecule has 0 unspecified atom stereocenters. The SMILES string of the molecule is CC(C)(C)CN1CCC(Oc2cccc(C(=O)NCCCN3CCOCC3)c2)CC1. The number of hydrogen-bond donors (Lipinski definition) is 1. The number of rotatable bonds is 8. The second-order valence-corrected chi connectivity index (χ2v) is 9.75. The molecule has 0 bridgehead atoms. The van der Waals surface area contributed by atoms with Crippen molar-refractivity contribution in [1.82, 2.24) is 15.1 Å². The Labute approximate surface area is 181 Å². The van der Waals surface area contributed by atoms with Crippen molar-refractivity contribution in [2.75, 3.05) is 59.0 Å². The number of nitrogens with one attached hydrogen (secondary N) is 1. The lowest BCUT2D eigenvalue weighted by Crippen LogP contribution is -2.42. The summed E-state index contributed by atoms with van der Waals surface area (Å²) in [7, 11) is 0. The molecule has 0 aromatic heterocycles. The molecule has 3 rings (SSSR count). The van der Waals surface area contributed by atoms with Gasteiger partial charge in [-0.2, -0.15) is 0 Å². The minimum absolute atomic E-state index is 0.0255. The van der Waals surface area contributed by atoms with Crippen LogP contribution in [0.3, 0.4) is 0 Å². The molecule has 2 aliphatic rings. The standard InChI is InChI=1S/C24H39N3O3/c1-24(2,3)19-27-12-8-21(9-13-27)30-22-7-4-6-20(18-22)23(28)25-10-5-11-26-14-16-29-17-15-26/h4,6-7,18,21H,5,8-17,19H2,1-3H3,(H,25,28). The van der Waals surface area contributed by atoms with Gasteiger partial charge in [-0.1, -0.05) is 26.8 Å². The van der Waals surface area contributed by atoms with Crippen molar-refractivity contribution in [3.63, 3.8) is 0 Å². The number of piperidine rings is 1. The van der Waals surface area contributed by atoms with Gasteiger partial charge in [0.2, 0.25) is 0 Å². The van der Waals surface area contributed by atoms with E-state index < -0.39 is 0 Å². The molecule has 0 spiro atoms. The van der Waals surface area contributed by atoms with Crippen LogP contribution in [-0.2, 0) is 4.74 Å². The van der Waals surface area contributed by atoms with Gasteiger partial charge in [-0.3, -0.25) is 9.69 Å². The summed E-state index contributed by atoms with van der Waals surface area (Å²) in [6, 6.07) is 7.60. The third-order valence-corrected chi connectivity index (χ3v) is 5.67. The van der Waals surface area contributed by atoms with Gasteiger partial charge in [0.15, 0.2) is 0 Å². The highest BCUT2D eigenvalue weighted by molar-refractivity contribution is 5.94. The number of benzene rings is 1. The quantitative estimate of drug-likeness (QED) is 0.659. The van der Waals surface area contributed by atoms with Gasteiger partial charge in [0.1, 0.15) is 11.9 Å². The van der Waals surface area contributed by atoms with Crippen molar-refractivity contribution in [2.24, 2.45) is 5.41 Å². The molecule has 168 valence electrons. The molecule has 1 aromatic carbocycles. The number of morpholine rings is 1. The van der Waals surface area contributed by atoms with Crippen LogP contribution in [0.2, 0.25) is 0 Å². The summed E-state index contributed by atoms with van der Waals surface area (Å²) in [4.78, 5) is 17.4. The Morgan fingerprint density at radius 3 is 2.57 bits per heavy atom. The van der Waals surface area contributed by atoms with E-state index >= 15 is 0 Å². The first kappa shape index (κ1) is 23.0. The fraction of sp³-hybridized carbons (Fsp3) is 0.708. The Bertz CT molecular complexity index is 660. The Hall–Kier alpha value is -1.63. The van der Waals surface area contributed by atoms with E-state index in [0.29, 0.717) is 17.5 Å². The first-order valence-electron chi connectivity index (χ1n) is 11.5. The number of likely N-dealkylation sites (tertiary alicyclic amines) is 1. The van der Waals surface area contributed by atoms with Crippen molar-refractivity contribution < 1.29 is 14.3 Å². The van der Waals surface area contributed by atoms with Gasteiger partial charge in [-0.25, -0.2) is 0 Å². The van der Waals surface area contributed by atoms with Gasteiger partial charge in [0.25, 0.3) is 5.91 Å². The molecule has 6 heteroatoms. The first-order valence-corrected chi connectivity index (χ1v) is 11.5. The Balaban J connectivity index is 1.39. The van der Waals surface area contributed by atoms with E-state index in [1.165, 1.54) is 0 Å². The molecule has 2 heterocycles. The monoisotopic (exact) mass is 417 g/mol. The number of nitrogens with zero attached hydrogens (tertiary/aromatic N) is 2. The van der Waals surface area contributed by atoms with Gasteiger partial charge in [-0.05, 0) is 49.4 Å². The van der Waals surface area contributed by atoms with E-state index in [1.807, 2.05) is 24.3 Å². The Morgan fingerprint density at radius 1 is 1.13 bits per heavy atom. The van der Waals surface area contributed by atoms with E-state index in [0.717, 1.165) is 77.5 Å². The third kappa shape index (κ3) is 7.89. The van der Waals surface area contributed by atoms with Crippen molar-refractivity contribution in [2.45, 2.75) is 46.1 Å². The molecule has 2 aliphatic heterocycles. The Morgan fingerprint density at radius 2 is 1.87 bits per heavy atom.